The van der Waals surface area contributed by atoms with E-state index in [2.05, 4.69) is 32.6 Å². The maximum absolute atomic E-state index is 5.31. The summed E-state index contributed by atoms with van der Waals surface area (Å²) in [6.07, 6.45) is 3.39. The van der Waals surface area contributed by atoms with Gasteiger partial charge in [-0.25, -0.2) is 9.97 Å². The minimum absolute atomic E-state index is 0.572. The Morgan fingerprint density at radius 2 is 1.67 bits per heavy atom. The monoisotopic (exact) mass is 314 g/mol. The predicted molar refractivity (Wildman–Crippen MR) is 70.0 cm³/mol. The molecule has 0 bridgehead atoms. The Hall–Kier alpha value is -1.37. The normalized spacial score (nSPS) is 8.87. The molecule has 2 aromatic rings. The molecular formula is C10H11IN4. The van der Waals surface area contributed by atoms with Gasteiger partial charge in [0.25, 0.3) is 0 Å². The zero-order chi connectivity index (χ0) is 11.1. The van der Waals surface area contributed by atoms with E-state index in [-0.39, 0.29) is 0 Å². The van der Waals surface area contributed by atoms with Crippen LogP contribution >= 0.6 is 22.6 Å². The van der Waals surface area contributed by atoms with Gasteiger partial charge in [-0.05, 0) is 46.9 Å². The summed E-state index contributed by atoms with van der Waals surface area (Å²) in [6, 6.07) is 9.13. The fourth-order valence-electron chi connectivity index (χ4n) is 0.763. The number of nitrogens with two attached hydrogens (primary N) is 2. The quantitative estimate of drug-likeness (QED) is 0.729. The van der Waals surface area contributed by atoms with Gasteiger partial charge in [0, 0.05) is 16.0 Å². The molecule has 0 saturated heterocycles. The number of aromatic nitrogens is 2. The molecule has 0 fully saturated rings. The molecule has 0 amide bonds. The number of halogens is 1. The highest BCUT2D eigenvalue weighted by Crippen LogP contribution is 2.02. The van der Waals surface area contributed by atoms with Crippen LogP contribution in [-0.2, 0) is 0 Å². The molecule has 0 spiro atoms. The van der Waals surface area contributed by atoms with Crippen molar-refractivity contribution >= 4 is 34.2 Å². The highest BCUT2D eigenvalue weighted by molar-refractivity contribution is 14.1. The number of nitrogen functional groups attached to an aromatic ring is 2. The number of hydrogen-bond donors (Lipinski definition) is 2. The highest BCUT2D eigenvalue weighted by atomic mass is 127. The largest absolute Gasteiger partial charge is 0.384 e. The number of pyridine rings is 2. The Balaban J connectivity index is 0.000000151. The van der Waals surface area contributed by atoms with Crippen molar-refractivity contribution in [1.29, 1.82) is 0 Å². The summed E-state index contributed by atoms with van der Waals surface area (Å²) in [5, 5.41) is 0. The zero-order valence-corrected chi connectivity index (χ0v) is 10.1. The summed E-state index contributed by atoms with van der Waals surface area (Å²) in [5.74, 6) is 1.15. The van der Waals surface area contributed by atoms with Gasteiger partial charge in [0.1, 0.15) is 11.6 Å². The Labute approximate surface area is 102 Å². The third-order valence-corrected chi connectivity index (χ3v) is 2.08. The van der Waals surface area contributed by atoms with Crippen LogP contribution in [0.15, 0.2) is 42.7 Å². The van der Waals surface area contributed by atoms with Crippen LogP contribution in [0.25, 0.3) is 0 Å². The summed E-state index contributed by atoms with van der Waals surface area (Å²) in [6.45, 7) is 0. The van der Waals surface area contributed by atoms with Crippen LogP contribution in [0.5, 0.6) is 0 Å². The lowest BCUT2D eigenvalue weighted by molar-refractivity contribution is 1.32. The van der Waals surface area contributed by atoms with E-state index in [1.54, 1.807) is 24.5 Å². The SMILES string of the molecule is Nc1ccc(I)cn1.Nc1ccccn1. The summed E-state index contributed by atoms with van der Waals surface area (Å²) in [4.78, 5) is 7.61. The van der Waals surface area contributed by atoms with Crippen molar-refractivity contribution in [1.82, 2.24) is 9.97 Å². The van der Waals surface area contributed by atoms with E-state index in [9.17, 15) is 0 Å². The molecule has 2 aromatic heterocycles. The summed E-state index contributed by atoms with van der Waals surface area (Å²) >= 11 is 2.18. The summed E-state index contributed by atoms with van der Waals surface area (Å²) in [7, 11) is 0. The number of anilines is 2. The first-order valence-electron chi connectivity index (χ1n) is 4.22. The number of nitrogens with zero attached hydrogens (tertiary/aromatic N) is 2. The smallest absolute Gasteiger partial charge is 0.123 e. The molecule has 78 valence electrons. The molecule has 0 aliphatic heterocycles. The Morgan fingerprint density at radius 3 is 2.00 bits per heavy atom. The van der Waals surface area contributed by atoms with E-state index in [0.717, 1.165) is 3.57 Å². The van der Waals surface area contributed by atoms with Crippen molar-refractivity contribution in [3.05, 3.63) is 46.3 Å². The van der Waals surface area contributed by atoms with E-state index < -0.39 is 0 Å². The topological polar surface area (TPSA) is 77.8 Å². The van der Waals surface area contributed by atoms with Crippen molar-refractivity contribution in [3.63, 3.8) is 0 Å². The number of hydrogen-bond acceptors (Lipinski definition) is 4. The second kappa shape index (κ2) is 6.18. The Bertz CT molecular complexity index is 367. The lowest BCUT2D eigenvalue weighted by atomic mass is 10.5. The molecule has 2 heterocycles. The van der Waals surface area contributed by atoms with Crippen molar-refractivity contribution < 1.29 is 0 Å². The molecule has 0 aromatic carbocycles. The average molecular weight is 314 g/mol. The van der Waals surface area contributed by atoms with Gasteiger partial charge < -0.3 is 11.5 Å². The zero-order valence-electron chi connectivity index (χ0n) is 7.97. The molecule has 0 unspecified atom stereocenters. The molecule has 2 rings (SSSR count). The van der Waals surface area contributed by atoms with Gasteiger partial charge in [-0.15, -0.1) is 0 Å². The molecule has 4 nitrogen and oxygen atoms in total. The first-order valence-corrected chi connectivity index (χ1v) is 5.30. The van der Waals surface area contributed by atoms with Crippen molar-refractivity contribution in [2.45, 2.75) is 0 Å². The van der Waals surface area contributed by atoms with Crippen molar-refractivity contribution in [2.24, 2.45) is 0 Å². The molecule has 0 radical (unpaired) electrons. The minimum Gasteiger partial charge on any atom is -0.384 e. The van der Waals surface area contributed by atoms with E-state index in [4.69, 9.17) is 11.5 Å². The van der Waals surface area contributed by atoms with Gasteiger partial charge in [-0.2, -0.15) is 0 Å². The molecule has 4 N–H and O–H groups in total. The van der Waals surface area contributed by atoms with Gasteiger partial charge in [-0.3, -0.25) is 0 Å². The fraction of sp³-hybridized carbons (Fsp3) is 0. The third-order valence-electron chi connectivity index (χ3n) is 1.44. The van der Waals surface area contributed by atoms with Crippen LogP contribution in [0.3, 0.4) is 0 Å². The second-order valence-electron chi connectivity index (χ2n) is 2.66. The first-order chi connectivity index (χ1) is 7.18. The average Bonchev–Trinajstić information content (AvgIpc) is 2.25. The Kier molecular flexibility index (Phi) is 4.82. The lowest BCUT2D eigenvalue weighted by Crippen LogP contribution is -1.87. The number of rotatable bonds is 0. The molecule has 0 saturated carbocycles. The highest BCUT2D eigenvalue weighted by Gasteiger charge is 1.83. The maximum Gasteiger partial charge on any atom is 0.123 e. The van der Waals surface area contributed by atoms with E-state index >= 15 is 0 Å². The van der Waals surface area contributed by atoms with E-state index in [1.807, 2.05) is 18.2 Å². The van der Waals surface area contributed by atoms with Crippen LogP contribution < -0.4 is 11.5 Å². The van der Waals surface area contributed by atoms with Crippen LogP contribution in [0.2, 0.25) is 0 Å². The maximum atomic E-state index is 5.31. The van der Waals surface area contributed by atoms with Crippen LogP contribution in [0, 0.1) is 3.57 Å². The van der Waals surface area contributed by atoms with Gasteiger partial charge in [0.15, 0.2) is 0 Å². The van der Waals surface area contributed by atoms with Gasteiger partial charge in [0.2, 0.25) is 0 Å². The van der Waals surface area contributed by atoms with Crippen molar-refractivity contribution in [3.8, 4) is 0 Å². The van der Waals surface area contributed by atoms with Crippen LogP contribution in [0.1, 0.15) is 0 Å². The Morgan fingerprint density at radius 1 is 0.933 bits per heavy atom. The van der Waals surface area contributed by atoms with E-state index in [1.165, 1.54) is 0 Å². The predicted octanol–water partition coefficient (Wildman–Crippen LogP) is 1.93. The molecule has 5 heteroatoms. The minimum atomic E-state index is 0.572. The van der Waals surface area contributed by atoms with E-state index in [0.29, 0.717) is 11.6 Å². The van der Waals surface area contributed by atoms with Crippen LogP contribution in [-0.4, -0.2) is 9.97 Å². The molecule has 0 atom stereocenters. The first kappa shape index (κ1) is 11.7. The van der Waals surface area contributed by atoms with Gasteiger partial charge in [-0.1, -0.05) is 6.07 Å². The third kappa shape index (κ3) is 5.16. The van der Waals surface area contributed by atoms with Gasteiger partial charge in [0.05, 0.1) is 0 Å². The van der Waals surface area contributed by atoms with Crippen molar-refractivity contribution in [2.75, 3.05) is 11.5 Å². The summed E-state index contributed by atoms with van der Waals surface area (Å²) in [5.41, 5.74) is 10.6. The van der Waals surface area contributed by atoms with Gasteiger partial charge >= 0.3 is 0 Å². The van der Waals surface area contributed by atoms with Crippen LogP contribution in [0.4, 0.5) is 11.6 Å². The molecular weight excluding hydrogens is 303 g/mol. The molecule has 0 aliphatic carbocycles. The lowest BCUT2D eigenvalue weighted by Gasteiger charge is -1.88. The fourth-order valence-corrected chi connectivity index (χ4v) is 1.08. The molecule has 0 aliphatic rings. The molecule has 15 heavy (non-hydrogen) atoms. The standard InChI is InChI=1S/C5H5IN2.C5H6N2/c6-4-1-2-5(7)8-3-4;6-5-3-1-2-4-7-5/h1-3H,(H2,7,8);1-4H,(H2,6,7). The summed E-state index contributed by atoms with van der Waals surface area (Å²) < 4.78 is 1.11. The second-order valence-corrected chi connectivity index (χ2v) is 3.90.